The second kappa shape index (κ2) is 3.74. The van der Waals surface area contributed by atoms with E-state index in [0.717, 1.165) is 15.6 Å². The third kappa shape index (κ3) is 1.85. The van der Waals surface area contributed by atoms with Crippen LogP contribution < -0.4 is 0 Å². The maximum Gasteiger partial charge on any atom is 0.117 e. The van der Waals surface area contributed by atoms with Gasteiger partial charge in [0.2, 0.25) is 0 Å². The van der Waals surface area contributed by atoms with Gasteiger partial charge in [0.25, 0.3) is 0 Å². The molecule has 1 aromatic heterocycles. The molecule has 13 heavy (non-hydrogen) atoms. The summed E-state index contributed by atoms with van der Waals surface area (Å²) in [4.78, 5) is 0. The lowest BCUT2D eigenvalue weighted by Gasteiger charge is -1.99. The van der Waals surface area contributed by atoms with E-state index in [4.69, 9.17) is 0 Å². The average molecular weight is 369 g/mol. The minimum atomic E-state index is 0.347. The fraction of sp³-hybridized carbons (Fsp3) is 0.111. The van der Waals surface area contributed by atoms with E-state index in [1.807, 2.05) is 6.07 Å². The SMILES string of the molecule is Oc1cc(CBr)c2cc(I)sc2c1. The number of thiophene rings is 1. The zero-order valence-corrected chi connectivity index (χ0v) is 11.1. The maximum absolute atomic E-state index is 9.43. The molecule has 0 fully saturated rings. The maximum atomic E-state index is 9.43. The highest BCUT2D eigenvalue weighted by Crippen LogP contribution is 2.33. The Morgan fingerprint density at radius 1 is 1.38 bits per heavy atom. The Morgan fingerprint density at radius 2 is 2.15 bits per heavy atom. The average Bonchev–Trinajstić information content (AvgIpc) is 2.43. The smallest absolute Gasteiger partial charge is 0.117 e. The summed E-state index contributed by atoms with van der Waals surface area (Å²) in [6.45, 7) is 0. The molecule has 1 aromatic carbocycles. The number of hydrogen-bond donors (Lipinski definition) is 1. The van der Waals surface area contributed by atoms with Crippen molar-refractivity contribution in [2.75, 3.05) is 0 Å². The lowest BCUT2D eigenvalue weighted by molar-refractivity contribution is 0.476. The van der Waals surface area contributed by atoms with Crippen LogP contribution in [0.5, 0.6) is 5.75 Å². The standard InChI is InChI=1S/C9H6BrIOS/c10-4-5-1-6(12)2-8-7(5)3-9(11)13-8/h1-3,12H,4H2. The number of phenols is 1. The first-order valence-corrected chi connectivity index (χ1v) is 6.69. The van der Waals surface area contributed by atoms with Gasteiger partial charge < -0.3 is 5.11 Å². The van der Waals surface area contributed by atoms with Gasteiger partial charge in [-0.2, -0.15) is 0 Å². The molecule has 0 saturated heterocycles. The van der Waals surface area contributed by atoms with E-state index in [9.17, 15) is 5.11 Å². The van der Waals surface area contributed by atoms with Crippen molar-refractivity contribution in [3.63, 3.8) is 0 Å². The molecule has 0 unspecified atom stereocenters. The van der Waals surface area contributed by atoms with Crippen molar-refractivity contribution >= 4 is 59.9 Å². The summed E-state index contributed by atoms with van der Waals surface area (Å²) in [6, 6.07) is 5.77. The molecule has 2 rings (SSSR count). The zero-order valence-electron chi connectivity index (χ0n) is 6.55. The second-order valence-electron chi connectivity index (χ2n) is 2.70. The highest BCUT2D eigenvalue weighted by Gasteiger charge is 2.05. The Kier molecular flexibility index (Phi) is 2.80. The Bertz CT molecular complexity index is 452. The molecule has 1 heterocycles. The first-order chi connectivity index (χ1) is 6.20. The number of phenolic OH excluding ortho intramolecular Hbond substituents is 1. The summed E-state index contributed by atoms with van der Waals surface area (Å²) in [7, 11) is 0. The summed E-state index contributed by atoms with van der Waals surface area (Å²) in [6.07, 6.45) is 0. The van der Waals surface area contributed by atoms with Gasteiger partial charge in [-0.1, -0.05) is 15.9 Å². The molecule has 0 spiro atoms. The summed E-state index contributed by atoms with van der Waals surface area (Å²) in [5.41, 5.74) is 1.15. The number of benzene rings is 1. The first-order valence-electron chi connectivity index (χ1n) is 3.67. The normalized spacial score (nSPS) is 10.9. The van der Waals surface area contributed by atoms with Crippen molar-refractivity contribution in [2.24, 2.45) is 0 Å². The van der Waals surface area contributed by atoms with E-state index in [1.165, 1.54) is 8.27 Å². The lowest BCUT2D eigenvalue weighted by atomic mass is 10.1. The summed E-state index contributed by atoms with van der Waals surface area (Å²) in [5.74, 6) is 0.347. The molecule has 0 amide bonds. The third-order valence-electron chi connectivity index (χ3n) is 1.82. The van der Waals surface area contributed by atoms with Crippen molar-refractivity contribution in [3.8, 4) is 5.75 Å². The van der Waals surface area contributed by atoms with Crippen LogP contribution in [0.1, 0.15) is 5.56 Å². The molecule has 1 N–H and O–H groups in total. The summed E-state index contributed by atoms with van der Waals surface area (Å²) in [5, 5.41) is 11.5. The highest BCUT2D eigenvalue weighted by molar-refractivity contribution is 14.1. The van der Waals surface area contributed by atoms with E-state index in [1.54, 1.807) is 17.4 Å². The molecule has 1 nitrogen and oxygen atoms in total. The number of hydrogen-bond acceptors (Lipinski definition) is 2. The quantitative estimate of drug-likeness (QED) is 0.593. The number of alkyl halides is 1. The first kappa shape index (κ1) is 9.73. The minimum absolute atomic E-state index is 0.347. The topological polar surface area (TPSA) is 20.2 Å². The Hall–Kier alpha value is 0.190. The molecule has 0 aliphatic rings. The summed E-state index contributed by atoms with van der Waals surface area (Å²) >= 11 is 7.41. The molecular weight excluding hydrogens is 363 g/mol. The van der Waals surface area contributed by atoms with E-state index in [0.29, 0.717) is 5.75 Å². The Balaban J connectivity index is 2.80. The fourth-order valence-corrected chi connectivity index (χ4v) is 3.63. The van der Waals surface area contributed by atoms with Gasteiger partial charge in [0.15, 0.2) is 0 Å². The van der Waals surface area contributed by atoms with Crippen LogP contribution in [-0.4, -0.2) is 5.11 Å². The fourth-order valence-electron chi connectivity index (χ4n) is 1.28. The number of rotatable bonds is 1. The van der Waals surface area contributed by atoms with Crippen molar-refractivity contribution in [1.29, 1.82) is 0 Å². The monoisotopic (exact) mass is 368 g/mol. The van der Waals surface area contributed by atoms with Crippen molar-refractivity contribution in [1.82, 2.24) is 0 Å². The van der Waals surface area contributed by atoms with Crippen LogP contribution in [0, 0.1) is 2.88 Å². The molecule has 68 valence electrons. The van der Waals surface area contributed by atoms with Crippen LogP contribution in [0.25, 0.3) is 10.1 Å². The molecule has 0 aliphatic heterocycles. The van der Waals surface area contributed by atoms with Gasteiger partial charge in [-0.25, -0.2) is 0 Å². The lowest BCUT2D eigenvalue weighted by Crippen LogP contribution is -1.77. The van der Waals surface area contributed by atoms with Crippen molar-refractivity contribution in [3.05, 3.63) is 26.6 Å². The Morgan fingerprint density at radius 3 is 2.85 bits per heavy atom. The van der Waals surface area contributed by atoms with Gasteiger partial charge in [0, 0.05) is 10.0 Å². The van der Waals surface area contributed by atoms with Crippen LogP contribution in [0.4, 0.5) is 0 Å². The molecule has 0 aliphatic carbocycles. The molecule has 0 bridgehead atoms. The number of fused-ring (bicyclic) bond motifs is 1. The van der Waals surface area contributed by atoms with Gasteiger partial charge >= 0.3 is 0 Å². The predicted molar refractivity (Wildman–Crippen MR) is 68.8 cm³/mol. The Labute approximate surface area is 102 Å². The van der Waals surface area contributed by atoms with Gasteiger partial charge in [-0.15, -0.1) is 11.3 Å². The molecule has 0 saturated carbocycles. The largest absolute Gasteiger partial charge is 0.508 e. The second-order valence-corrected chi connectivity index (χ2v) is 6.24. The van der Waals surface area contributed by atoms with E-state index < -0.39 is 0 Å². The number of halogens is 2. The number of aromatic hydroxyl groups is 1. The van der Waals surface area contributed by atoms with E-state index in [-0.39, 0.29) is 0 Å². The van der Waals surface area contributed by atoms with Gasteiger partial charge in [0.1, 0.15) is 5.75 Å². The molecule has 0 atom stereocenters. The van der Waals surface area contributed by atoms with Crippen LogP contribution in [0.3, 0.4) is 0 Å². The minimum Gasteiger partial charge on any atom is -0.508 e. The van der Waals surface area contributed by atoms with Crippen LogP contribution in [0.15, 0.2) is 18.2 Å². The van der Waals surface area contributed by atoms with Crippen LogP contribution in [-0.2, 0) is 5.33 Å². The highest BCUT2D eigenvalue weighted by atomic mass is 127. The van der Waals surface area contributed by atoms with Crippen LogP contribution in [0.2, 0.25) is 0 Å². The van der Waals surface area contributed by atoms with E-state index >= 15 is 0 Å². The van der Waals surface area contributed by atoms with Crippen molar-refractivity contribution < 1.29 is 5.11 Å². The third-order valence-corrected chi connectivity index (χ3v) is 4.27. The summed E-state index contributed by atoms with van der Waals surface area (Å²) < 4.78 is 2.40. The van der Waals surface area contributed by atoms with Crippen LogP contribution >= 0.6 is 49.9 Å². The zero-order chi connectivity index (χ0) is 9.42. The molecular formula is C9H6BrIOS. The van der Waals surface area contributed by atoms with Crippen molar-refractivity contribution in [2.45, 2.75) is 5.33 Å². The molecule has 4 heteroatoms. The van der Waals surface area contributed by atoms with Gasteiger partial charge in [-0.3, -0.25) is 0 Å². The van der Waals surface area contributed by atoms with Gasteiger partial charge in [0.05, 0.1) is 2.88 Å². The molecule has 0 radical (unpaired) electrons. The van der Waals surface area contributed by atoms with E-state index in [2.05, 4.69) is 44.6 Å². The predicted octanol–water partition coefficient (Wildman–Crippen LogP) is 4.11. The van der Waals surface area contributed by atoms with Gasteiger partial charge in [-0.05, 0) is 51.7 Å². The molecule has 2 aromatic rings.